The molecule has 3 heteroatoms. The Kier molecular flexibility index (Phi) is 10.6. The highest BCUT2D eigenvalue weighted by atomic mass is 16.5. The van der Waals surface area contributed by atoms with Gasteiger partial charge in [0.15, 0.2) is 0 Å². The summed E-state index contributed by atoms with van der Waals surface area (Å²) >= 11 is 0. The zero-order valence-electron chi connectivity index (χ0n) is 14.0. The SMILES string of the molecule is CC(C)CCCOCCOCCN(C)CC(C)(C)C. The molecule has 0 N–H and O–H groups in total. The lowest BCUT2D eigenvalue weighted by Crippen LogP contribution is -2.32. The van der Waals surface area contributed by atoms with Gasteiger partial charge in [-0.1, -0.05) is 34.6 Å². The Labute approximate surface area is 120 Å². The van der Waals surface area contributed by atoms with Crippen LogP contribution in [0, 0.1) is 11.3 Å². The molecule has 0 saturated heterocycles. The molecule has 116 valence electrons. The van der Waals surface area contributed by atoms with E-state index in [1.807, 2.05) is 0 Å². The largest absolute Gasteiger partial charge is 0.379 e. The molecular weight excluding hydrogens is 238 g/mol. The highest BCUT2D eigenvalue weighted by molar-refractivity contribution is 4.66. The van der Waals surface area contributed by atoms with Gasteiger partial charge in [-0.05, 0) is 31.2 Å². The molecule has 0 atom stereocenters. The molecule has 0 aliphatic carbocycles. The summed E-state index contributed by atoms with van der Waals surface area (Å²) in [5.41, 5.74) is 0.355. The second-order valence-corrected chi connectivity index (χ2v) is 7.06. The average molecular weight is 273 g/mol. The van der Waals surface area contributed by atoms with Crippen LogP contribution in [0.3, 0.4) is 0 Å². The van der Waals surface area contributed by atoms with Crippen LogP contribution in [0.25, 0.3) is 0 Å². The van der Waals surface area contributed by atoms with Gasteiger partial charge in [-0.3, -0.25) is 0 Å². The van der Waals surface area contributed by atoms with Gasteiger partial charge in [0.2, 0.25) is 0 Å². The van der Waals surface area contributed by atoms with E-state index in [4.69, 9.17) is 9.47 Å². The van der Waals surface area contributed by atoms with E-state index in [1.165, 1.54) is 6.42 Å². The van der Waals surface area contributed by atoms with Crippen LogP contribution < -0.4 is 0 Å². The molecule has 0 fully saturated rings. The third-order valence-electron chi connectivity index (χ3n) is 2.80. The summed E-state index contributed by atoms with van der Waals surface area (Å²) in [5, 5.41) is 0. The van der Waals surface area contributed by atoms with Gasteiger partial charge in [-0.2, -0.15) is 0 Å². The fraction of sp³-hybridized carbons (Fsp3) is 1.00. The summed E-state index contributed by atoms with van der Waals surface area (Å²) in [6.07, 6.45) is 2.41. The van der Waals surface area contributed by atoms with Crippen LogP contribution in [-0.2, 0) is 9.47 Å². The minimum Gasteiger partial charge on any atom is -0.379 e. The molecule has 0 aromatic rings. The van der Waals surface area contributed by atoms with Crippen molar-refractivity contribution < 1.29 is 9.47 Å². The van der Waals surface area contributed by atoms with Crippen molar-refractivity contribution in [2.24, 2.45) is 11.3 Å². The van der Waals surface area contributed by atoms with Crippen molar-refractivity contribution >= 4 is 0 Å². The van der Waals surface area contributed by atoms with E-state index in [9.17, 15) is 0 Å². The molecular formula is C16H35NO2. The number of hydrogen-bond donors (Lipinski definition) is 0. The van der Waals surface area contributed by atoms with Crippen LogP contribution in [0.2, 0.25) is 0 Å². The van der Waals surface area contributed by atoms with Crippen LogP contribution in [0.15, 0.2) is 0 Å². The first-order valence-corrected chi connectivity index (χ1v) is 7.65. The number of likely N-dealkylation sites (N-methyl/N-ethyl adjacent to an activating group) is 1. The Morgan fingerprint density at radius 3 is 2.05 bits per heavy atom. The number of ether oxygens (including phenoxy) is 2. The van der Waals surface area contributed by atoms with Crippen molar-refractivity contribution in [3.05, 3.63) is 0 Å². The van der Waals surface area contributed by atoms with Gasteiger partial charge in [-0.25, -0.2) is 0 Å². The molecule has 0 aromatic carbocycles. The third kappa shape index (κ3) is 15.8. The van der Waals surface area contributed by atoms with Crippen LogP contribution >= 0.6 is 0 Å². The molecule has 0 bridgehead atoms. The van der Waals surface area contributed by atoms with E-state index in [0.717, 1.165) is 45.2 Å². The summed E-state index contributed by atoms with van der Waals surface area (Å²) in [6, 6.07) is 0. The number of rotatable bonds is 11. The molecule has 0 aliphatic rings. The summed E-state index contributed by atoms with van der Waals surface area (Å²) in [7, 11) is 2.15. The monoisotopic (exact) mass is 273 g/mol. The maximum atomic E-state index is 5.58. The first-order valence-electron chi connectivity index (χ1n) is 7.65. The van der Waals surface area contributed by atoms with Crippen molar-refractivity contribution in [3.63, 3.8) is 0 Å². The normalized spacial score (nSPS) is 12.6. The first-order chi connectivity index (χ1) is 8.81. The fourth-order valence-electron chi connectivity index (χ4n) is 2.02. The number of hydrogen-bond acceptors (Lipinski definition) is 3. The van der Waals surface area contributed by atoms with Gasteiger partial charge in [0.25, 0.3) is 0 Å². The van der Waals surface area contributed by atoms with Gasteiger partial charge in [0, 0.05) is 19.7 Å². The molecule has 0 aliphatic heterocycles. The minimum absolute atomic E-state index is 0.355. The van der Waals surface area contributed by atoms with Gasteiger partial charge < -0.3 is 14.4 Å². The lowest BCUT2D eigenvalue weighted by Gasteiger charge is -2.26. The maximum Gasteiger partial charge on any atom is 0.0701 e. The van der Waals surface area contributed by atoms with E-state index in [2.05, 4.69) is 46.6 Å². The highest BCUT2D eigenvalue weighted by Crippen LogP contribution is 2.13. The Hall–Kier alpha value is -0.120. The second kappa shape index (κ2) is 10.6. The topological polar surface area (TPSA) is 21.7 Å². The standard InChI is InChI=1S/C16H35NO2/c1-15(2)8-7-10-18-12-13-19-11-9-17(6)14-16(3,4)5/h15H,7-14H2,1-6H3. The van der Waals surface area contributed by atoms with Crippen molar-refractivity contribution in [2.45, 2.75) is 47.5 Å². The molecule has 0 unspecified atom stereocenters. The fourth-order valence-corrected chi connectivity index (χ4v) is 2.02. The Morgan fingerprint density at radius 2 is 1.53 bits per heavy atom. The van der Waals surface area contributed by atoms with Crippen molar-refractivity contribution in [1.29, 1.82) is 0 Å². The van der Waals surface area contributed by atoms with Crippen molar-refractivity contribution in [2.75, 3.05) is 46.6 Å². The van der Waals surface area contributed by atoms with E-state index < -0.39 is 0 Å². The molecule has 0 aromatic heterocycles. The highest BCUT2D eigenvalue weighted by Gasteiger charge is 2.12. The maximum absolute atomic E-state index is 5.58. The zero-order chi connectivity index (χ0) is 14.7. The van der Waals surface area contributed by atoms with Gasteiger partial charge in [-0.15, -0.1) is 0 Å². The Morgan fingerprint density at radius 1 is 0.947 bits per heavy atom. The van der Waals surface area contributed by atoms with Crippen LogP contribution in [-0.4, -0.2) is 51.5 Å². The summed E-state index contributed by atoms with van der Waals surface area (Å²) in [4.78, 5) is 2.32. The van der Waals surface area contributed by atoms with E-state index >= 15 is 0 Å². The summed E-state index contributed by atoms with van der Waals surface area (Å²) in [6.45, 7) is 16.5. The molecule has 0 radical (unpaired) electrons. The van der Waals surface area contributed by atoms with Gasteiger partial charge in [0.05, 0.1) is 19.8 Å². The molecule has 19 heavy (non-hydrogen) atoms. The quantitative estimate of drug-likeness (QED) is 0.538. The van der Waals surface area contributed by atoms with Crippen molar-refractivity contribution in [3.8, 4) is 0 Å². The molecule has 0 rings (SSSR count). The smallest absolute Gasteiger partial charge is 0.0701 e. The molecule has 0 spiro atoms. The van der Waals surface area contributed by atoms with Crippen LogP contribution in [0.4, 0.5) is 0 Å². The van der Waals surface area contributed by atoms with E-state index in [-0.39, 0.29) is 0 Å². The summed E-state index contributed by atoms with van der Waals surface area (Å²) < 4.78 is 11.1. The van der Waals surface area contributed by atoms with Crippen molar-refractivity contribution in [1.82, 2.24) is 4.90 Å². The van der Waals surface area contributed by atoms with Gasteiger partial charge in [0.1, 0.15) is 0 Å². The minimum atomic E-state index is 0.355. The molecule has 0 saturated carbocycles. The first kappa shape index (κ1) is 18.9. The zero-order valence-corrected chi connectivity index (χ0v) is 14.0. The lowest BCUT2D eigenvalue weighted by molar-refractivity contribution is 0.0367. The lowest BCUT2D eigenvalue weighted by atomic mass is 9.96. The van der Waals surface area contributed by atoms with E-state index in [1.54, 1.807) is 0 Å². The predicted octanol–water partition coefficient (Wildman–Crippen LogP) is 3.43. The van der Waals surface area contributed by atoms with Crippen LogP contribution in [0.5, 0.6) is 0 Å². The predicted molar refractivity (Wildman–Crippen MR) is 82.7 cm³/mol. The van der Waals surface area contributed by atoms with Crippen LogP contribution in [0.1, 0.15) is 47.5 Å². The summed E-state index contributed by atoms with van der Waals surface area (Å²) in [5.74, 6) is 0.776. The molecule has 3 nitrogen and oxygen atoms in total. The van der Waals surface area contributed by atoms with Gasteiger partial charge >= 0.3 is 0 Å². The number of nitrogens with zero attached hydrogens (tertiary/aromatic N) is 1. The average Bonchev–Trinajstić information content (AvgIpc) is 2.24. The molecule has 0 amide bonds. The second-order valence-electron chi connectivity index (χ2n) is 7.06. The third-order valence-corrected chi connectivity index (χ3v) is 2.80. The Balaban J connectivity index is 3.23. The molecule has 0 heterocycles. The van der Waals surface area contributed by atoms with E-state index in [0.29, 0.717) is 12.0 Å². The Bertz CT molecular complexity index is 199.